The Morgan fingerprint density at radius 3 is 2.89 bits per heavy atom. The minimum absolute atomic E-state index is 0.405. The maximum absolute atomic E-state index is 6.07. The van der Waals surface area contributed by atoms with Crippen molar-refractivity contribution in [3.8, 4) is 5.75 Å². The van der Waals surface area contributed by atoms with Gasteiger partial charge in [0.1, 0.15) is 12.4 Å². The first-order valence-electron chi connectivity index (χ1n) is 5.73. The third-order valence-electron chi connectivity index (χ3n) is 2.75. The Morgan fingerprint density at radius 1 is 1.16 bits per heavy atom. The van der Waals surface area contributed by atoms with Gasteiger partial charge in [0.25, 0.3) is 0 Å². The molecular weight excluding hydrogens is 283 g/mol. The van der Waals surface area contributed by atoms with E-state index in [-0.39, 0.29) is 0 Å². The molecule has 0 spiro atoms. The quantitative estimate of drug-likeness (QED) is 0.722. The number of hydrogen-bond acceptors (Lipinski definition) is 2. The minimum atomic E-state index is 0.405. The molecule has 0 bridgehead atoms. The van der Waals surface area contributed by atoms with E-state index in [1.165, 1.54) is 0 Å². The highest BCUT2D eigenvalue weighted by Crippen LogP contribution is 2.20. The minimum Gasteiger partial charge on any atom is -0.487 e. The maximum atomic E-state index is 6.07. The molecule has 0 unspecified atom stereocenters. The van der Waals surface area contributed by atoms with Gasteiger partial charge in [0.2, 0.25) is 0 Å². The molecule has 2 heterocycles. The normalized spacial score (nSPS) is 10.8. The molecule has 0 saturated carbocycles. The second kappa shape index (κ2) is 5.11. The van der Waals surface area contributed by atoms with Crippen LogP contribution in [-0.4, -0.2) is 9.38 Å². The molecule has 3 aromatic rings. The zero-order valence-electron chi connectivity index (χ0n) is 9.88. The van der Waals surface area contributed by atoms with Crippen LogP contribution < -0.4 is 4.74 Å². The Kier molecular flexibility index (Phi) is 3.32. The van der Waals surface area contributed by atoms with Gasteiger partial charge in [-0.15, -0.1) is 0 Å². The molecule has 3 nitrogen and oxygen atoms in total. The molecule has 0 N–H and O–H groups in total. The number of aromatic nitrogens is 2. The third kappa shape index (κ3) is 2.53. The van der Waals surface area contributed by atoms with Gasteiger partial charge in [-0.05, 0) is 30.3 Å². The van der Waals surface area contributed by atoms with Crippen LogP contribution in [0.15, 0.2) is 48.8 Å². The number of pyridine rings is 1. The standard InChI is InChI=1S/C14H10Cl2N2O/c15-10-3-1-4-12(7-10)19-9-11-8-17-14-13(16)5-2-6-18(11)14/h1-8H,9H2. The van der Waals surface area contributed by atoms with Gasteiger partial charge in [0.05, 0.1) is 16.9 Å². The van der Waals surface area contributed by atoms with Gasteiger partial charge >= 0.3 is 0 Å². The van der Waals surface area contributed by atoms with Crippen LogP contribution in [0.3, 0.4) is 0 Å². The fourth-order valence-electron chi connectivity index (χ4n) is 1.85. The summed E-state index contributed by atoms with van der Waals surface area (Å²) < 4.78 is 7.60. The Bertz CT molecular complexity index is 724. The van der Waals surface area contributed by atoms with Crippen LogP contribution in [0.25, 0.3) is 5.65 Å². The molecule has 96 valence electrons. The van der Waals surface area contributed by atoms with Gasteiger partial charge in [-0.2, -0.15) is 0 Å². The Morgan fingerprint density at radius 2 is 2.05 bits per heavy atom. The predicted octanol–water partition coefficient (Wildman–Crippen LogP) is 4.22. The zero-order valence-corrected chi connectivity index (χ0v) is 11.4. The average molecular weight is 293 g/mol. The second-order valence-electron chi connectivity index (χ2n) is 4.05. The molecule has 19 heavy (non-hydrogen) atoms. The van der Waals surface area contributed by atoms with Crippen molar-refractivity contribution < 1.29 is 4.74 Å². The third-order valence-corrected chi connectivity index (χ3v) is 3.28. The first kappa shape index (κ1) is 12.3. The summed E-state index contributed by atoms with van der Waals surface area (Å²) in [6.07, 6.45) is 3.66. The van der Waals surface area contributed by atoms with Gasteiger partial charge in [0, 0.05) is 11.2 Å². The van der Waals surface area contributed by atoms with Crippen molar-refractivity contribution in [3.05, 3.63) is 64.5 Å². The van der Waals surface area contributed by atoms with E-state index in [4.69, 9.17) is 27.9 Å². The number of nitrogens with zero attached hydrogens (tertiary/aromatic N) is 2. The fraction of sp³-hybridized carbons (Fsp3) is 0.0714. The van der Waals surface area contributed by atoms with Gasteiger partial charge in [-0.3, -0.25) is 4.40 Å². The topological polar surface area (TPSA) is 26.5 Å². The van der Waals surface area contributed by atoms with E-state index in [9.17, 15) is 0 Å². The van der Waals surface area contributed by atoms with Crippen molar-refractivity contribution in [2.24, 2.45) is 0 Å². The van der Waals surface area contributed by atoms with E-state index in [2.05, 4.69) is 4.98 Å². The molecule has 2 aromatic heterocycles. The van der Waals surface area contributed by atoms with E-state index < -0.39 is 0 Å². The molecule has 1 aromatic carbocycles. The molecule has 0 fully saturated rings. The van der Waals surface area contributed by atoms with Crippen molar-refractivity contribution in [2.75, 3.05) is 0 Å². The molecule has 0 aliphatic carbocycles. The lowest BCUT2D eigenvalue weighted by Crippen LogP contribution is -1.99. The molecule has 0 radical (unpaired) electrons. The summed E-state index contributed by atoms with van der Waals surface area (Å²) in [5.41, 5.74) is 1.66. The van der Waals surface area contributed by atoms with Crippen molar-refractivity contribution in [3.63, 3.8) is 0 Å². The van der Waals surface area contributed by atoms with Crippen molar-refractivity contribution in [2.45, 2.75) is 6.61 Å². The smallest absolute Gasteiger partial charge is 0.155 e. The van der Waals surface area contributed by atoms with Crippen LogP contribution in [0.1, 0.15) is 5.69 Å². The largest absolute Gasteiger partial charge is 0.487 e. The van der Waals surface area contributed by atoms with E-state index in [0.29, 0.717) is 16.7 Å². The molecule has 0 aliphatic rings. The zero-order chi connectivity index (χ0) is 13.2. The van der Waals surface area contributed by atoms with Crippen LogP contribution in [0.2, 0.25) is 10.0 Å². The molecular formula is C14H10Cl2N2O. The van der Waals surface area contributed by atoms with Crippen LogP contribution in [0, 0.1) is 0 Å². The predicted molar refractivity (Wildman–Crippen MR) is 76.0 cm³/mol. The van der Waals surface area contributed by atoms with Crippen molar-refractivity contribution in [1.82, 2.24) is 9.38 Å². The first-order chi connectivity index (χ1) is 9.24. The Labute approximate surface area is 120 Å². The monoisotopic (exact) mass is 292 g/mol. The average Bonchev–Trinajstić information content (AvgIpc) is 2.81. The lowest BCUT2D eigenvalue weighted by molar-refractivity contribution is 0.300. The van der Waals surface area contributed by atoms with Crippen molar-refractivity contribution >= 4 is 28.8 Å². The summed E-state index contributed by atoms with van der Waals surface area (Å²) in [7, 11) is 0. The van der Waals surface area contributed by atoms with Crippen LogP contribution >= 0.6 is 23.2 Å². The van der Waals surface area contributed by atoms with Crippen molar-refractivity contribution in [1.29, 1.82) is 0 Å². The van der Waals surface area contributed by atoms with E-state index in [1.807, 2.05) is 40.9 Å². The summed E-state index contributed by atoms with van der Waals surface area (Å²) >= 11 is 12.0. The number of hydrogen-bond donors (Lipinski definition) is 0. The number of benzene rings is 1. The molecule has 0 aliphatic heterocycles. The fourth-order valence-corrected chi connectivity index (χ4v) is 2.24. The summed E-state index contributed by atoms with van der Waals surface area (Å²) in [6.45, 7) is 0.405. The molecule has 0 amide bonds. The highest BCUT2D eigenvalue weighted by Gasteiger charge is 2.06. The summed E-state index contributed by atoms with van der Waals surface area (Å²) in [5, 5.41) is 1.27. The lowest BCUT2D eigenvalue weighted by atomic mass is 10.3. The van der Waals surface area contributed by atoms with Crippen LogP contribution in [0.4, 0.5) is 0 Å². The highest BCUT2D eigenvalue weighted by atomic mass is 35.5. The molecule has 0 saturated heterocycles. The van der Waals surface area contributed by atoms with Gasteiger partial charge in [-0.25, -0.2) is 4.98 Å². The SMILES string of the molecule is Clc1cccc(OCc2cnc3c(Cl)cccn23)c1. The van der Waals surface area contributed by atoms with Gasteiger partial charge in [-0.1, -0.05) is 29.3 Å². The number of imidazole rings is 1. The summed E-state index contributed by atoms with van der Waals surface area (Å²) in [4.78, 5) is 4.27. The molecule has 5 heteroatoms. The molecule has 3 rings (SSSR count). The number of fused-ring (bicyclic) bond motifs is 1. The summed E-state index contributed by atoms with van der Waals surface area (Å²) in [6, 6.07) is 11.0. The first-order valence-corrected chi connectivity index (χ1v) is 6.48. The maximum Gasteiger partial charge on any atom is 0.155 e. The van der Waals surface area contributed by atoms with E-state index in [0.717, 1.165) is 17.1 Å². The second-order valence-corrected chi connectivity index (χ2v) is 4.89. The highest BCUT2D eigenvalue weighted by molar-refractivity contribution is 6.33. The summed E-state index contributed by atoms with van der Waals surface area (Å²) in [5.74, 6) is 0.726. The van der Waals surface area contributed by atoms with Gasteiger partial charge < -0.3 is 4.74 Å². The van der Waals surface area contributed by atoms with Crippen LogP contribution in [-0.2, 0) is 6.61 Å². The van der Waals surface area contributed by atoms with Gasteiger partial charge in [0.15, 0.2) is 5.65 Å². The van der Waals surface area contributed by atoms with Crippen LogP contribution in [0.5, 0.6) is 5.75 Å². The number of halogens is 2. The number of rotatable bonds is 3. The Hall–Kier alpha value is -1.71. The van der Waals surface area contributed by atoms with E-state index in [1.54, 1.807) is 12.3 Å². The Balaban J connectivity index is 1.84. The number of ether oxygens (including phenoxy) is 1. The lowest BCUT2D eigenvalue weighted by Gasteiger charge is -2.06. The van der Waals surface area contributed by atoms with E-state index >= 15 is 0 Å². The molecule has 0 atom stereocenters.